The SMILES string of the molecule is CC1CCCCN1C(C)c1ccc(F)cc1O. The number of aromatic hydroxyl groups is 1. The van der Waals surface area contributed by atoms with Crippen molar-refractivity contribution in [2.24, 2.45) is 0 Å². The summed E-state index contributed by atoms with van der Waals surface area (Å²) in [6.45, 7) is 5.35. The van der Waals surface area contributed by atoms with E-state index < -0.39 is 0 Å². The zero-order valence-corrected chi connectivity index (χ0v) is 10.5. The summed E-state index contributed by atoms with van der Waals surface area (Å²) in [7, 11) is 0. The topological polar surface area (TPSA) is 23.5 Å². The predicted octanol–water partition coefficient (Wildman–Crippen LogP) is 3.47. The van der Waals surface area contributed by atoms with Gasteiger partial charge in [-0.2, -0.15) is 0 Å². The number of rotatable bonds is 2. The Kier molecular flexibility index (Phi) is 3.67. The number of likely N-dealkylation sites (tertiary alicyclic amines) is 1. The van der Waals surface area contributed by atoms with E-state index in [0.717, 1.165) is 12.1 Å². The third kappa shape index (κ3) is 2.60. The number of phenolic OH excluding ortho intramolecular Hbond substituents is 1. The summed E-state index contributed by atoms with van der Waals surface area (Å²) in [5.74, 6) is -0.319. The molecule has 3 heteroatoms. The van der Waals surface area contributed by atoms with Crippen LogP contribution in [0.3, 0.4) is 0 Å². The maximum absolute atomic E-state index is 13.0. The fourth-order valence-corrected chi connectivity index (χ4v) is 2.74. The summed E-state index contributed by atoms with van der Waals surface area (Å²) in [5, 5.41) is 9.81. The van der Waals surface area contributed by atoms with Crippen LogP contribution in [0.1, 0.15) is 44.7 Å². The van der Waals surface area contributed by atoms with Gasteiger partial charge in [-0.3, -0.25) is 4.90 Å². The van der Waals surface area contributed by atoms with Gasteiger partial charge in [0.05, 0.1) is 0 Å². The fourth-order valence-electron chi connectivity index (χ4n) is 2.74. The van der Waals surface area contributed by atoms with Gasteiger partial charge in [-0.05, 0) is 39.3 Å². The molecule has 0 amide bonds. The summed E-state index contributed by atoms with van der Waals surface area (Å²) in [6.07, 6.45) is 3.68. The second-order valence-corrected chi connectivity index (χ2v) is 4.96. The van der Waals surface area contributed by atoms with Crippen molar-refractivity contribution >= 4 is 0 Å². The van der Waals surface area contributed by atoms with Crippen LogP contribution in [0.25, 0.3) is 0 Å². The van der Waals surface area contributed by atoms with Gasteiger partial charge in [-0.1, -0.05) is 12.5 Å². The third-order valence-electron chi connectivity index (χ3n) is 3.79. The van der Waals surface area contributed by atoms with Crippen LogP contribution >= 0.6 is 0 Å². The Morgan fingerprint density at radius 2 is 2.18 bits per heavy atom. The maximum Gasteiger partial charge on any atom is 0.126 e. The van der Waals surface area contributed by atoms with Gasteiger partial charge < -0.3 is 5.11 Å². The Hall–Kier alpha value is -1.09. The van der Waals surface area contributed by atoms with Crippen LogP contribution in [0, 0.1) is 5.82 Å². The van der Waals surface area contributed by atoms with E-state index in [4.69, 9.17) is 0 Å². The van der Waals surface area contributed by atoms with E-state index >= 15 is 0 Å². The quantitative estimate of drug-likeness (QED) is 0.851. The minimum Gasteiger partial charge on any atom is -0.508 e. The molecule has 1 fully saturated rings. The molecule has 1 aromatic rings. The highest BCUT2D eigenvalue weighted by atomic mass is 19.1. The Balaban J connectivity index is 2.20. The van der Waals surface area contributed by atoms with E-state index in [9.17, 15) is 9.50 Å². The van der Waals surface area contributed by atoms with Gasteiger partial charge >= 0.3 is 0 Å². The summed E-state index contributed by atoms with van der Waals surface area (Å²) >= 11 is 0. The van der Waals surface area contributed by atoms with Gasteiger partial charge in [0.2, 0.25) is 0 Å². The van der Waals surface area contributed by atoms with Crippen molar-refractivity contribution in [3.63, 3.8) is 0 Å². The molecule has 2 rings (SSSR count). The molecule has 1 aromatic carbocycles. The Morgan fingerprint density at radius 1 is 1.41 bits per heavy atom. The number of hydrogen-bond donors (Lipinski definition) is 1. The smallest absolute Gasteiger partial charge is 0.126 e. The van der Waals surface area contributed by atoms with Gasteiger partial charge in [0.25, 0.3) is 0 Å². The standard InChI is InChI=1S/C14H20FNO/c1-10-5-3-4-8-16(10)11(2)13-7-6-12(15)9-14(13)17/h6-7,9-11,17H,3-5,8H2,1-2H3. The van der Waals surface area contributed by atoms with Gasteiger partial charge in [0, 0.05) is 23.7 Å². The van der Waals surface area contributed by atoms with E-state index in [0.29, 0.717) is 6.04 Å². The van der Waals surface area contributed by atoms with Gasteiger partial charge in [0.1, 0.15) is 11.6 Å². The monoisotopic (exact) mass is 237 g/mol. The molecule has 0 aromatic heterocycles. The lowest BCUT2D eigenvalue weighted by molar-refractivity contribution is 0.113. The molecule has 1 N–H and O–H groups in total. The van der Waals surface area contributed by atoms with Gasteiger partial charge in [0.15, 0.2) is 0 Å². The molecule has 94 valence electrons. The number of phenols is 1. The number of piperidine rings is 1. The molecule has 2 unspecified atom stereocenters. The highest BCUT2D eigenvalue weighted by Crippen LogP contribution is 2.32. The van der Waals surface area contributed by atoms with Gasteiger partial charge in [-0.25, -0.2) is 4.39 Å². The van der Waals surface area contributed by atoms with Crippen molar-refractivity contribution in [1.82, 2.24) is 4.90 Å². The summed E-state index contributed by atoms with van der Waals surface area (Å²) < 4.78 is 13.0. The van der Waals surface area contributed by atoms with Crippen molar-refractivity contribution < 1.29 is 9.50 Å². The second kappa shape index (κ2) is 5.05. The van der Waals surface area contributed by atoms with Crippen LogP contribution in [0.15, 0.2) is 18.2 Å². The summed E-state index contributed by atoms with van der Waals surface area (Å²) in [4.78, 5) is 2.39. The Labute approximate surface area is 102 Å². The third-order valence-corrected chi connectivity index (χ3v) is 3.79. The molecular weight excluding hydrogens is 217 g/mol. The van der Waals surface area contributed by atoms with Gasteiger partial charge in [-0.15, -0.1) is 0 Å². The lowest BCUT2D eigenvalue weighted by Crippen LogP contribution is -2.39. The zero-order valence-electron chi connectivity index (χ0n) is 10.5. The highest BCUT2D eigenvalue weighted by molar-refractivity contribution is 5.35. The first-order valence-electron chi connectivity index (χ1n) is 6.33. The van der Waals surface area contributed by atoms with E-state index in [1.54, 1.807) is 6.07 Å². The molecule has 1 saturated heterocycles. The van der Waals surface area contributed by atoms with Crippen LogP contribution in [0.4, 0.5) is 4.39 Å². The van der Waals surface area contributed by atoms with Crippen molar-refractivity contribution in [1.29, 1.82) is 0 Å². The molecule has 2 nitrogen and oxygen atoms in total. The first-order valence-corrected chi connectivity index (χ1v) is 6.33. The molecule has 1 aliphatic rings. The normalized spacial score (nSPS) is 23.6. The fraction of sp³-hybridized carbons (Fsp3) is 0.571. The van der Waals surface area contributed by atoms with Crippen LogP contribution in [0.2, 0.25) is 0 Å². The average Bonchev–Trinajstić information content (AvgIpc) is 2.29. The zero-order chi connectivity index (χ0) is 12.4. The minimum atomic E-state index is -0.384. The second-order valence-electron chi connectivity index (χ2n) is 4.96. The largest absolute Gasteiger partial charge is 0.508 e. The maximum atomic E-state index is 13.0. The number of hydrogen-bond acceptors (Lipinski definition) is 2. The first kappa shape index (κ1) is 12.4. The van der Waals surface area contributed by atoms with Crippen LogP contribution in [0.5, 0.6) is 5.75 Å². The van der Waals surface area contributed by atoms with Crippen molar-refractivity contribution in [3.8, 4) is 5.75 Å². The van der Waals surface area contributed by atoms with Crippen LogP contribution in [-0.2, 0) is 0 Å². The molecule has 1 aliphatic heterocycles. The number of nitrogens with zero attached hydrogens (tertiary/aromatic N) is 1. The van der Waals surface area contributed by atoms with Crippen molar-refractivity contribution in [2.75, 3.05) is 6.54 Å². The van der Waals surface area contributed by atoms with E-state index in [-0.39, 0.29) is 17.6 Å². The van der Waals surface area contributed by atoms with Crippen LogP contribution < -0.4 is 0 Å². The van der Waals surface area contributed by atoms with Crippen LogP contribution in [-0.4, -0.2) is 22.6 Å². The molecule has 0 aliphatic carbocycles. The Bertz CT molecular complexity index is 394. The molecule has 1 heterocycles. The Morgan fingerprint density at radius 3 is 2.82 bits per heavy atom. The summed E-state index contributed by atoms with van der Waals surface area (Å²) in [5.41, 5.74) is 0.820. The van der Waals surface area contributed by atoms with E-state index in [2.05, 4.69) is 18.7 Å². The molecule has 17 heavy (non-hydrogen) atoms. The molecule has 0 bridgehead atoms. The summed E-state index contributed by atoms with van der Waals surface area (Å²) in [6, 6.07) is 4.98. The molecule has 0 radical (unpaired) electrons. The minimum absolute atomic E-state index is 0.0651. The number of halogens is 1. The van der Waals surface area contributed by atoms with E-state index in [1.807, 2.05) is 0 Å². The average molecular weight is 237 g/mol. The molecular formula is C14H20FNO. The molecule has 0 spiro atoms. The molecule has 2 atom stereocenters. The van der Waals surface area contributed by atoms with Crippen molar-refractivity contribution in [3.05, 3.63) is 29.6 Å². The lowest BCUT2D eigenvalue weighted by Gasteiger charge is -2.38. The first-order chi connectivity index (χ1) is 8.09. The highest BCUT2D eigenvalue weighted by Gasteiger charge is 2.25. The lowest BCUT2D eigenvalue weighted by atomic mass is 9.97. The number of benzene rings is 1. The molecule has 0 saturated carbocycles. The predicted molar refractivity (Wildman–Crippen MR) is 66.5 cm³/mol. The van der Waals surface area contributed by atoms with E-state index in [1.165, 1.54) is 31.4 Å². The van der Waals surface area contributed by atoms with Crippen molar-refractivity contribution in [2.45, 2.75) is 45.2 Å².